The summed E-state index contributed by atoms with van der Waals surface area (Å²) in [4.78, 5) is 7.87. The normalized spacial score (nSPS) is 10.2. The van der Waals surface area contributed by atoms with Gasteiger partial charge >= 0.3 is 0 Å². The van der Waals surface area contributed by atoms with Gasteiger partial charge in [-0.3, -0.25) is 0 Å². The van der Waals surface area contributed by atoms with Crippen LogP contribution in [0, 0.1) is 0 Å². The van der Waals surface area contributed by atoms with E-state index in [2.05, 4.69) is 41.8 Å². The molecule has 16 heavy (non-hydrogen) atoms. The van der Waals surface area contributed by atoms with E-state index in [4.69, 9.17) is 16.3 Å². The van der Waals surface area contributed by atoms with Crippen LogP contribution in [0.1, 0.15) is 0 Å². The van der Waals surface area contributed by atoms with Gasteiger partial charge in [0, 0.05) is 10.5 Å². The molecule has 1 aromatic carbocycles. The minimum Gasteiger partial charge on any atom is -0.437 e. The molecule has 1 heterocycles. The molecule has 0 aliphatic rings. The van der Waals surface area contributed by atoms with E-state index < -0.39 is 0 Å². The molecule has 0 radical (unpaired) electrons. The molecule has 1 aromatic heterocycles. The second-order valence-electron chi connectivity index (χ2n) is 2.86. The standard InChI is InChI=1S/C10H5Br2ClN2O/c11-6-1-2-8(7(13)3-6)16-10-4-9(12)14-5-15-10/h1-5H. The van der Waals surface area contributed by atoms with E-state index in [0.29, 0.717) is 21.3 Å². The first-order chi connectivity index (χ1) is 7.65. The Bertz CT molecular complexity index is 522. The molecule has 82 valence electrons. The molecule has 3 nitrogen and oxygen atoms in total. The molecule has 2 rings (SSSR count). The Morgan fingerprint density at radius 3 is 2.62 bits per heavy atom. The third-order valence-corrected chi connectivity index (χ3v) is 2.94. The minimum absolute atomic E-state index is 0.436. The number of nitrogens with zero attached hydrogens (tertiary/aromatic N) is 2. The van der Waals surface area contributed by atoms with Crippen molar-refractivity contribution < 1.29 is 4.74 Å². The molecule has 0 amide bonds. The van der Waals surface area contributed by atoms with Crippen molar-refractivity contribution in [1.82, 2.24) is 9.97 Å². The van der Waals surface area contributed by atoms with E-state index in [9.17, 15) is 0 Å². The molecule has 0 fully saturated rings. The summed E-state index contributed by atoms with van der Waals surface area (Å²) in [6.07, 6.45) is 1.41. The fourth-order valence-electron chi connectivity index (χ4n) is 1.04. The molecule has 0 saturated carbocycles. The molecule has 0 bridgehead atoms. The third kappa shape index (κ3) is 2.93. The van der Waals surface area contributed by atoms with E-state index in [1.807, 2.05) is 6.07 Å². The van der Waals surface area contributed by atoms with E-state index in [-0.39, 0.29) is 0 Å². The van der Waals surface area contributed by atoms with Crippen LogP contribution in [0.3, 0.4) is 0 Å². The highest BCUT2D eigenvalue weighted by Gasteiger charge is 2.05. The molecule has 0 spiro atoms. The van der Waals surface area contributed by atoms with Crippen molar-refractivity contribution in [3.8, 4) is 11.6 Å². The van der Waals surface area contributed by atoms with E-state index in [1.165, 1.54) is 6.33 Å². The van der Waals surface area contributed by atoms with Crippen molar-refractivity contribution in [3.05, 3.63) is 44.7 Å². The Morgan fingerprint density at radius 1 is 1.12 bits per heavy atom. The Morgan fingerprint density at radius 2 is 1.94 bits per heavy atom. The maximum absolute atomic E-state index is 6.01. The fourth-order valence-corrected chi connectivity index (χ4v) is 2.04. The van der Waals surface area contributed by atoms with Crippen LogP contribution in [0.4, 0.5) is 0 Å². The van der Waals surface area contributed by atoms with Gasteiger partial charge in [0.1, 0.15) is 16.7 Å². The molecule has 0 atom stereocenters. The van der Waals surface area contributed by atoms with Gasteiger partial charge in [-0.1, -0.05) is 27.5 Å². The predicted octanol–water partition coefficient (Wildman–Crippen LogP) is 4.45. The highest BCUT2D eigenvalue weighted by molar-refractivity contribution is 9.10. The highest BCUT2D eigenvalue weighted by atomic mass is 79.9. The van der Waals surface area contributed by atoms with Crippen molar-refractivity contribution in [2.75, 3.05) is 0 Å². The Hall–Kier alpha value is -0.650. The summed E-state index contributed by atoms with van der Waals surface area (Å²) < 4.78 is 7.07. The van der Waals surface area contributed by atoms with Crippen molar-refractivity contribution in [2.45, 2.75) is 0 Å². The van der Waals surface area contributed by atoms with Crippen LogP contribution < -0.4 is 4.74 Å². The second kappa shape index (κ2) is 5.12. The monoisotopic (exact) mass is 362 g/mol. The maximum atomic E-state index is 6.01. The Labute approximate surface area is 114 Å². The summed E-state index contributed by atoms with van der Waals surface area (Å²) in [6.45, 7) is 0. The zero-order chi connectivity index (χ0) is 11.5. The van der Waals surface area contributed by atoms with Gasteiger partial charge in [-0.15, -0.1) is 0 Å². The van der Waals surface area contributed by atoms with E-state index in [1.54, 1.807) is 18.2 Å². The van der Waals surface area contributed by atoms with Crippen LogP contribution in [-0.4, -0.2) is 9.97 Å². The largest absolute Gasteiger partial charge is 0.437 e. The van der Waals surface area contributed by atoms with Gasteiger partial charge in [0.2, 0.25) is 5.88 Å². The molecule has 0 aliphatic carbocycles. The van der Waals surface area contributed by atoms with Crippen molar-refractivity contribution in [3.63, 3.8) is 0 Å². The second-order valence-corrected chi connectivity index (χ2v) is 4.99. The number of hydrogen-bond donors (Lipinski definition) is 0. The summed E-state index contributed by atoms with van der Waals surface area (Å²) in [5.41, 5.74) is 0. The fraction of sp³-hybridized carbons (Fsp3) is 0. The molecule has 0 N–H and O–H groups in total. The van der Waals surface area contributed by atoms with Crippen molar-refractivity contribution in [1.29, 1.82) is 0 Å². The summed E-state index contributed by atoms with van der Waals surface area (Å²) >= 11 is 12.6. The third-order valence-electron chi connectivity index (χ3n) is 1.72. The average Bonchev–Trinajstić information content (AvgIpc) is 2.22. The molecular formula is C10H5Br2ClN2O. The number of halogens is 3. The minimum atomic E-state index is 0.436. The molecule has 0 saturated heterocycles. The van der Waals surface area contributed by atoms with E-state index in [0.717, 1.165) is 4.47 Å². The lowest BCUT2D eigenvalue weighted by molar-refractivity contribution is 0.461. The van der Waals surface area contributed by atoms with Crippen LogP contribution in [0.15, 0.2) is 39.7 Å². The first-order valence-corrected chi connectivity index (χ1v) is 6.22. The van der Waals surface area contributed by atoms with Gasteiger partial charge in [-0.2, -0.15) is 0 Å². The molecule has 0 unspecified atom stereocenters. The SMILES string of the molecule is Clc1cc(Br)ccc1Oc1cc(Br)ncn1. The lowest BCUT2D eigenvalue weighted by atomic mass is 10.3. The average molecular weight is 364 g/mol. The zero-order valence-electron chi connectivity index (χ0n) is 7.82. The summed E-state index contributed by atoms with van der Waals surface area (Å²) in [5, 5.41) is 0.518. The number of ether oxygens (including phenoxy) is 1. The molecular weight excluding hydrogens is 359 g/mol. The first kappa shape index (κ1) is 11.8. The summed E-state index contributed by atoms with van der Waals surface area (Å²) in [7, 11) is 0. The van der Waals surface area contributed by atoms with Crippen molar-refractivity contribution in [2.24, 2.45) is 0 Å². The number of aromatic nitrogens is 2. The quantitative estimate of drug-likeness (QED) is 0.739. The summed E-state index contributed by atoms with van der Waals surface area (Å²) in [6, 6.07) is 7.03. The van der Waals surface area contributed by atoms with E-state index >= 15 is 0 Å². The number of hydrogen-bond acceptors (Lipinski definition) is 3. The molecule has 2 aromatic rings. The summed E-state index contributed by atoms with van der Waals surface area (Å²) in [5.74, 6) is 0.988. The Balaban J connectivity index is 2.27. The predicted molar refractivity (Wildman–Crippen MR) is 69.0 cm³/mol. The lowest BCUT2D eigenvalue weighted by Gasteiger charge is -2.06. The maximum Gasteiger partial charge on any atom is 0.223 e. The van der Waals surface area contributed by atoms with Gasteiger partial charge in [-0.25, -0.2) is 9.97 Å². The van der Waals surface area contributed by atoms with Crippen LogP contribution >= 0.6 is 43.5 Å². The van der Waals surface area contributed by atoms with Crippen molar-refractivity contribution >= 4 is 43.5 Å². The lowest BCUT2D eigenvalue weighted by Crippen LogP contribution is -1.89. The van der Waals surface area contributed by atoms with Gasteiger partial charge in [0.05, 0.1) is 5.02 Å². The van der Waals surface area contributed by atoms with Crippen LogP contribution in [0.5, 0.6) is 11.6 Å². The van der Waals surface area contributed by atoms with Crippen LogP contribution in [0.25, 0.3) is 0 Å². The van der Waals surface area contributed by atoms with Gasteiger partial charge in [0.25, 0.3) is 0 Å². The number of rotatable bonds is 2. The number of benzene rings is 1. The van der Waals surface area contributed by atoms with Gasteiger partial charge in [0.15, 0.2) is 0 Å². The first-order valence-electron chi connectivity index (χ1n) is 4.25. The van der Waals surface area contributed by atoms with Crippen LogP contribution in [-0.2, 0) is 0 Å². The smallest absolute Gasteiger partial charge is 0.223 e. The highest BCUT2D eigenvalue weighted by Crippen LogP contribution is 2.31. The molecule has 6 heteroatoms. The van der Waals surface area contributed by atoms with Gasteiger partial charge in [-0.05, 0) is 34.1 Å². The van der Waals surface area contributed by atoms with Crippen LogP contribution in [0.2, 0.25) is 5.02 Å². The Kier molecular flexibility index (Phi) is 3.78. The van der Waals surface area contributed by atoms with Gasteiger partial charge < -0.3 is 4.74 Å². The topological polar surface area (TPSA) is 35.0 Å². The molecule has 0 aliphatic heterocycles. The zero-order valence-corrected chi connectivity index (χ0v) is 11.8.